The molecule has 5 heterocycles. The Hall–Kier alpha value is -2.36. The number of anilines is 4. The molecule has 6 rings (SSSR count). The number of nitrogen functional groups attached to an aromatic ring is 1. The second-order valence-corrected chi connectivity index (χ2v) is 9.98. The van der Waals surface area contributed by atoms with Gasteiger partial charge in [0.25, 0.3) is 0 Å². The molecule has 0 aliphatic carbocycles. The minimum absolute atomic E-state index is 0.215. The van der Waals surface area contributed by atoms with Crippen LogP contribution in [0.1, 0.15) is 39.0 Å². The highest BCUT2D eigenvalue weighted by Gasteiger charge is 2.39. The van der Waals surface area contributed by atoms with Crippen molar-refractivity contribution >= 4 is 35.1 Å². The fourth-order valence-corrected chi connectivity index (χ4v) is 6.00. The van der Waals surface area contributed by atoms with Crippen molar-refractivity contribution in [1.82, 2.24) is 25.2 Å². The molecular weight excluding hydrogens is 452 g/mol. The van der Waals surface area contributed by atoms with Gasteiger partial charge in [0.05, 0.1) is 18.2 Å². The number of nitrogens with zero attached hydrogens (tertiary/aromatic N) is 5. The van der Waals surface area contributed by atoms with Gasteiger partial charge < -0.3 is 30.9 Å². The van der Waals surface area contributed by atoms with Gasteiger partial charge in [0.1, 0.15) is 5.75 Å². The van der Waals surface area contributed by atoms with Crippen molar-refractivity contribution < 1.29 is 4.74 Å². The van der Waals surface area contributed by atoms with Crippen molar-refractivity contribution in [2.45, 2.75) is 57.2 Å². The van der Waals surface area contributed by atoms with Crippen LogP contribution in [0.15, 0.2) is 18.2 Å². The summed E-state index contributed by atoms with van der Waals surface area (Å²) in [5, 5.41) is 7.68. The highest BCUT2D eigenvalue weighted by atomic mass is 35.5. The van der Waals surface area contributed by atoms with Crippen LogP contribution in [0.5, 0.6) is 5.75 Å². The maximum absolute atomic E-state index is 6.54. The van der Waals surface area contributed by atoms with Crippen LogP contribution in [0.4, 0.5) is 23.5 Å². The van der Waals surface area contributed by atoms with Crippen molar-refractivity contribution in [3.63, 3.8) is 0 Å². The lowest BCUT2D eigenvalue weighted by Crippen LogP contribution is -2.56. The van der Waals surface area contributed by atoms with Gasteiger partial charge in [0.15, 0.2) is 0 Å². The number of hydrogen-bond acceptors (Lipinski definition) is 9. The Morgan fingerprint density at radius 2 is 2.09 bits per heavy atom. The van der Waals surface area contributed by atoms with Gasteiger partial charge in [-0.1, -0.05) is 18.5 Å². The van der Waals surface area contributed by atoms with E-state index in [0.29, 0.717) is 34.6 Å². The molecule has 34 heavy (non-hydrogen) atoms. The first-order valence-corrected chi connectivity index (χ1v) is 12.8. The van der Waals surface area contributed by atoms with E-state index in [4.69, 9.17) is 27.1 Å². The van der Waals surface area contributed by atoms with Crippen LogP contribution in [0.3, 0.4) is 0 Å². The van der Waals surface area contributed by atoms with Crippen molar-refractivity contribution in [3.05, 3.63) is 23.2 Å². The molecule has 3 atom stereocenters. The molecule has 3 unspecified atom stereocenters. The summed E-state index contributed by atoms with van der Waals surface area (Å²) in [6.45, 7) is 6.50. The van der Waals surface area contributed by atoms with Crippen LogP contribution >= 0.6 is 11.6 Å². The van der Waals surface area contributed by atoms with Gasteiger partial charge in [-0.2, -0.15) is 15.0 Å². The van der Waals surface area contributed by atoms with Gasteiger partial charge in [-0.25, -0.2) is 0 Å². The van der Waals surface area contributed by atoms with Crippen molar-refractivity contribution in [2.24, 2.45) is 5.92 Å². The zero-order chi connectivity index (χ0) is 23.7. The van der Waals surface area contributed by atoms with Gasteiger partial charge >= 0.3 is 0 Å². The second-order valence-electron chi connectivity index (χ2n) is 9.57. The Balaban J connectivity index is 1.51. The third-order valence-electron chi connectivity index (χ3n) is 7.56. The molecule has 10 heteroatoms. The average Bonchev–Trinajstić information content (AvgIpc) is 3.38. The Kier molecular flexibility index (Phi) is 6.94. The number of benzene rings is 1. The molecule has 0 spiro atoms. The molecule has 1 aromatic heterocycles. The molecule has 0 amide bonds. The number of piperidine rings is 3. The smallest absolute Gasteiger partial charge is 0.236 e. The van der Waals surface area contributed by atoms with Gasteiger partial charge in [0, 0.05) is 24.3 Å². The third kappa shape index (κ3) is 4.74. The summed E-state index contributed by atoms with van der Waals surface area (Å²) in [5.74, 6) is 2.50. The molecule has 4 saturated heterocycles. The number of nitrogens with one attached hydrogen (secondary N) is 2. The molecule has 2 bridgehead atoms. The molecule has 1 aromatic carbocycles. The van der Waals surface area contributed by atoms with E-state index in [1.807, 2.05) is 18.2 Å². The highest BCUT2D eigenvalue weighted by Crippen LogP contribution is 2.39. The second kappa shape index (κ2) is 10.1. The van der Waals surface area contributed by atoms with Crippen LogP contribution in [-0.4, -0.2) is 71.3 Å². The first kappa shape index (κ1) is 23.4. The maximum atomic E-state index is 6.54. The predicted molar refractivity (Wildman–Crippen MR) is 136 cm³/mol. The number of hydrogen-bond donors (Lipinski definition) is 3. The topological polar surface area (TPSA) is 104 Å². The normalized spacial score (nSPS) is 26.9. The van der Waals surface area contributed by atoms with E-state index >= 15 is 0 Å². The number of aromatic nitrogens is 3. The van der Waals surface area contributed by atoms with E-state index < -0.39 is 0 Å². The predicted octanol–water partition coefficient (Wildman–Crippen LogP) is 3.29. The number of methoxy groups -OCH3 is 1. The first-order valence-electron chi connectivity index (χ1n) is 12.4. The summed E-state index contributed by atoms with van der Waals surface area (Å²) in [7, 11) is 1.63. The fourth-order valence-electron chi connectivity index (χ4n) is 5.75. The van der Waals surface area contributed by atoms with Gasteiger partial charge in [-0.05, 0) is 75.9 Å². The summed E-state index contributed by atoms with van der Waals surface area (Å²) in [4.78, 5) is 18.7. The zero-order valence-corrected chi connectivity index (χ0v) is 20.8. The molecule has 4 N–H and O–H groups in total. The van der Waals surface area contributed by atoms with E-state index in [0.717, 1.165) is 44.7 Å². The summed E-state index contributed by atoms with van der Waals surface area (Å²) < 4.78 is 5.39. The van der Waals surface area contributed by atoms with E-state index in [-0.39, 0.29) is 18.0 Å². The fraction of sp³-hybridized carbons (Fsp3) is 0.625. The lowest BCUT2D eigenvalue weighted by molar-refractivity contribution is 0.0890. The summed E-state index contributed by atoms with van der Waals surface area (Å²) >= 11 is 6.54. The van der Waals surface area contributed by atoms with Crippen molar-refractivity contribution in [2.75, 3.05) is 49.2 Å². The minimum atomic E-state index is 0.215. The quantitative estimate of drug-likeness (QED) is 0.518. The van der Waals surface area contributed by atoms with Crippen molar-refractivity contribution in [1.29, 1.82) is 0 Å². The molecule has 4 aliphatic heterocycles. The lowest BCUT2D eigenvalue weighted by atomic mass is 9.83. The lowest BCUT2D eigenvalue weighted by Gasteiger charge is -2.49. The molecule has 9 nitrogen and oxygen atoms in total. The number of fused-ring (bicyclic) bond motifs is 3. The summed E-state index contributed by atoms with van der Waals surface area (Å²) in [6, 6.07) is 6.73. The first-order chi connectivity index (χ1) is 16.6. The Morgan fingerprint density at radius 1 is 1.26 bits per heavy atom. The number of halogens is 1. The Morgan fingerprint density at radius 3 is 2.71 bits per heavy atom. The van der Waals surface area contributed by atoms with Crippen molar-refractivity contribution in [3.8, 4) is 5.75 Å². The van der Waals surface area contributed by atoms with E-state index in [9.17, 15) is 0 Å². The van der Waals surface area contributed by atoms with E-state index in [1.165, 1.54) is 19.3 Å². The van der Waals surface area contributed by atoms with E-state index in [2.05, 4.69) is 37.3 Å². The minimum Gasteiger partial charge on any atom is -0.495 e. The SMILES string of the molecule is CCC(Nc1nc(N)nc(N(c2ccc(OC)c(Cl)c2)C2CN3CCC2CC3)n1)C1CCCN1. The van der Waals surface area contributed by atoms with Crippen LogP contribution in [-0.2, 0) is 0 Å². The number of nitrogens with two attached hydrogens (primary N) is 1. The average molecular weight is 487 g/mol. The monoisotopic (exact) mass is 486 g/mol. The van der Waals surface area contributed by atoms with Gasteiger partial charge in [0.2, 0.25) is 17.8 Å². The molecule has 2 aromatic rings. The third-order valence-corrected chi connectivity index (χ3v) is 7.86. The Bertz CT molecular complexity index is 993. The highest BCUT2D eigenvalue weighted by molar-refractivity contribution is 6.32. The van der Waals surface area contributed by atoms with Crippen LogP contribution in [0.25, 0.3) is 0 Å². The molecular formula is C24H35ClN8O. The maximum Gasteiger partial charge on any atom is 0.236 e. The number of ether oxygens (including phenoxy) is 1. The summed E-state index contributed by atoms with van der Waals surface area (Å²) in [5.41, 5.74) is 7.16. The zero-order valence-electron chi connectivity index (χ0n) is 20.0. The molecule has 184 valence electrons. The molecule has 4 aliphatic rings. The van der Waals surface area contributed by atoms with Crippen LogP contribution < -0.4 is 26.0 Å². The molecule has 4 fully saturated rings. The summed E-state index contributed by atoms with van der Waals surface area (Å²) in [6.07, 6.45) is 5.65. The van der Waals surface area contributed by atoms with Gasteiger partial charge in [-0.3, -0.25) is 0 Å². The standard InChI is InChI=1S/C24H35ClN8O/c1-3-18(19-5-4-10-27-19)28-23-29-22(26)30-24(31-23)33(16-6-7-21(34-2)17(25)13-16)20-14-32-11-8-15(20)9-12-32/h6-7,13,15,18-20,27H,3-5,8-12,14H2,1-2H3,(H3,26,28,29,30,31). The number of rotatable bonds is 8. The molecule has 0 saturated carbocycles. The van der Waals surface area contributed by atoms with E-state index in [1.54, 1.807) is 7.11 Å². The molecule has 0 radical (unpaired) electrons. The largest absolute Gasteiger partial charge is 0.495 e. The van der Waals surface area contributed by atoms with Crippen LogP contribution in [0, 0.1) is 5.92 Å². The Labute approximate surface area is 206 Å². The van der Waals surface area contributed by atoms with Gasteiger partial charge in [-0.15, -0.1) is 0 Å². The van der Waals surface area contributed by atoms with Crippen LogP contribution in [0.2, 0.25) is 5.02 Å².